The number of rotatable bonds is 4. The van der Waals surface area contributed by atoms with Crippen molar-refractivity contribution >= 4 is 21.8 Å². The Morgan fingerprint density at radius 3 is 2.52 bits per heavy atom. The third-order valence-electron chi connectivity index (χ3n) is 5.58. The molecule has 1 unspecified atom stereocenters. The monoisotopic (exact) mass is 344 g/mol. The van der Waals surface area contributed by atoms with Crippen molar-refractivity contribution in [1.29, 1.82) is 0 Å². The highest BCUT2D eigenvalue weighted by Gasteiger charge is 2.52. The van der Waals surface area contributed by atoms with E-state index in [0.29, 0.717) is 25.8 Å². The number of quaternary nitrogens is 1. The van der Waals surface area contributed by atoms with Crippen molar-refractivity contribution in [2.24, 2.45) is 0 Å². The molecule has 0 bridgehead atoms. The molecule has 3 rings (SSSR count). The number of hydrogen-bond acceptors (Lipinski definition) is 4. The van der Waals surface area contributed by atoms with Gasteiger partial charge in [0.15, 0.2) is 16.5 Å². The van der Waals surface area contributed by atoms with Gasteiger partial charge in [0.2, 0.25) is 0 Å². The second kappa shape index (κ2) is 6.05. The lowest BCUT2D eigenvalue weighted by Gasteiger charge is -2.31. The zero-order valence-corrected chi connectivity index (χ0v) is 14.5. The molecule has 2 aliphatic heterocycles. The summed E-state index contributed by atoms with van der Waals surface area (Å²) in [5.74, 6) is 0.255. The predicted octanol–water partition coefficient (Wildman–Crippen LogP) is -0.709. The molecule has 2 saturated heterocycles. The first-order valence-corrected chi connectivity index (χ1v) is 10.4. The molecule has 0 aromatic rings. The lowest BCUT2D eigenvalue weighted by atomic mass is 9.82. The van der Waals surface area contributed by atoms with Crippen LogP contribution < -0.4 is 10.2 Å². The summed E-state index contributed by atoms with van der Waals surface area (Å²) in [7, 11) is -2.96. The fourth-order valence-electron chi connectivity index (χ4n) is 4.16. The van der Waals surface area contributed by atoms with Crippen LogP contribution >= 0.6 is 0 Å². The summed E-state index contributed by atoms with van der Waals surface area (Å²) < 4.78 is 23.4. The number of sulfone groups is 1. The quantitative estimate of drug-likeness (QED) is 0.660. The number of amides is 3. The topological polar surface area (TPSA) is 88.0 Å². The van der Waals surface area contributed by atoms with Gasteiger partial charge in [-0.3, -0.25) is 4.79 Å². The number of imide groups is 1. The number of hydrogen-bond donors (Lipinski definition) is 2. The summed E-state index contributed by atoms with van der Waals surface area (Å²) in [6.07, 6.45) is 5.08. The van der Waals surface area contributed by atoms with E-state index < -0.39 is 15.4 Å². The molecule has 8 heteroatoms. The van der Waals surface area contributed by atoms with E-state index in [1.54, 1.807) is 0 Å². The van der Waals surface area contributed by atoms with E-state index in [1.807, 2.05) is 6.92 Å². The lowest BCUT2D eigenvalue weighted by molar-refractivity contribution is -0.927. The molecule has 3 fully saturated rings. The summed E-state index contributed by atoms with van der Waals surface area (Å²) in [6.45, 7) is 2.93. The first-order valence-electron chi connectivity index (χ1n) is 8.56. The number of nitrogens with one attached hydrogen (secondary N) is 2. The van der Waals surface area contributed by atoms with Crippen molar-refractivity contribution < 1.29 is 22.9 Å². The van der Waals surface area contributed by atoms with Crippen LogP contribution in [0.4, 0.5) is 4.79 Å². The maximum Gasteiger partial charge on any atom is 0.329 e. The molecule has 130 valence electrons. The highest BCUT2D eigenvalue weighted by atomic mass is 32.2. The Kier molecular flexibility index (Phi) is 4.39. The fourth-order valence-corrected chi connectivity index (χ4v) is 5.99. The lowest BCUT2D eigenvalue weighted by Crippen LogP contribution is -3.17. The third-order valence-corrected chi connectivity index (χ3v) is 7.35. The summed E-state index contributed by atoms with van der Waals surface area (Å²) in [4.78, 5) is 27.4. The van der Waals surface area contributed by atoms with Crippen LogP contribution in [0.2, 0.25) is 0 Å². The zero-order chi connectivity index (χ0) is 16.7. The Morgan fingerprint density at radius 1 is 1.26 bits per heavy atom. The Hall–Kier alpha value is -1.15. The zero-order valence-electron chi connectivity index (χ0n) is 13.6. The van der Waals surface area contributed by atoms with Crippen LogP contribution in [-0.4, -0.2) is 61.6 Å². The van der Waals surface area contributed by atoms with Crippen molar-refractivity contribution in [3.63, 3.8) is 0 Å². The summed E-state index contributed by atoms with van der Waals surface area (Å²) in [5, 5.41) is 2.91. The molecule has 3 aliphatic rings. The number of carbonyl (C=O) groups excluding carboxylic acids is 2. The van der Waals surface area contributed by atoms with Gasteiger partial charge in [-0.15, -0.1) is 0 Å². The fraction of sp³-hybridized carbons (Fsp3) is 0.867. The van der Waals surface area contributed by atoms with Gasteiger partial charge < -0.3 is 10.2 Å². The Balaban J connectivity index is 1.71. The average Bonchev–Trinajstić information content (AvgIpc) is 2.97. The second-order valence-electron chi connectivity index (χ2n) is 7.08. The second-order valence-corrected chi connectivity index (χ2v) is 9.30. The minimum Gasteiger partial charge on any atom is -0.323 e. The smallest absolute Gasteiger partial charge is 0.323 e. The first-order chi connectivity index (χ1) is 10.9. The molecule has 0 radical (unpaired) electrons. The molecule has 0 aromatic heterocycles. The predicted molar refractivity (Wildman–Crippen MR) is 84.6 cm³/mol. The normalized spacial score (nSPS) is 30.7. The molecule has 1 aliphatic carbocycles. The standard InChI is InChI=1S/C15H25N3O4S/c1-2-17(12-6-9-23(21,22)10-12)11-18-13(19)15(16-14(18)20)7-4-3-5-8-15/h12H,2-11H2,1H3,(H,16,20)/p+1/t12-/m1/s1. The van der Waals surface area contributed by atoms with Crippen LogP contribution in [0.25, 0.3) is 0 Å². The molecule has 1 spiro atoms. The maximum absolute atomic E-state index is 12.8. The Morgan fingerprint density at radius 2 is 1.96 bits per heavy atom. The number of urea groups is 1. The minimum atomic E-state index is -2.96. The SMILES string of the molecule is CC[NH+](CN1C(=O)NC2(CCCCC2)C1=O)[C@@H]1CCS(=O)(=O)C1. The van der Waals surface area contributed by atoms with Gasteiger partial charge in [-0.25, -0.2) is 18.1 Å². The third kappa shape index (κ3) is 3.10. The van der Waals surface area contributed by atoms with Gasteiger partial charge in [-0.2, -0.15) is 0 Å². The Labute approximate surface area is 137 Å². The molecular formula is C15H26N3O4S+. The van der Waals surface area contributed by atoms with Crippen molar-refractivity contribution in [2.75, 3.05) is 24.7 Å². The van der Waals surface area contributed by atoms with E-state index in [1.165, 1.54) is 4.90 Å². The summed E-state index contributed by atoms with van der Waals surface area (Å²) in [6, 6.07) is -0.336. The molecule has 0 aromatic carbocycles. The van der Waals surface area contributed by atoms with Crippen LogP contribution in [-0.2, 0) is 14.6 Å². The molecule has 2 N–H and O–H groups in total. The molecule has 3 amide bonds. The van der Waals surface area contributed by atoms with Crippen molar-refractivity contribution in [1.82, 2.24) is 10.2 Å². The number of nitrogens with zero attached hydrogens (tertiary/aromatic N) is 1. The largest absolute Gasteiger partial charge is 0.329 e. The van der Waals surface area contributed by atoms with Gasteiger partial charge in [-0.1, -0.05) is 19.3 Å². The highest BCUT2D eigenvalue weighted by molar-refractivity contribution is 7.91. The number of carbonyl (C=O) groups is 2. The highest BCUT2D eigenvalue weighted by Crippen LogP contribution is 2.33. The summed E-state index contributed by atoms with van der Waals surface area (Å²) in [5.41, 5.74) is -0.698. The van der Waals surface area contributed by atoms with Gasteiger partial charge in [0.1, 0.15) is 17.3 Å². The van der Waals surface area contributed by atoms with E-state index in [0.717, 1.165) is 24.2 Å². The Bertz CT molecular complexity index is 598. The van der Waals surface area contributed by atoms with Crippen LogP contribution in [0.5, 0.6) is 0 Å². The van der Waals surface area contributed by atoms with E-state index in [9.17, 15) is 18.0 Å². The minimum absolute atomic E-state index is 0.0199. The van der Waals surface area contributed by atoms with Crippen molar-refractivity contribution in [2.45, 2.75) is 57.0 Å². The van der Waals surface area contributed by atoms with Crippen LogP contribution in [0.1, 0.15) is 45.4 Å². The van der Waals surface area contributed by atoms with E-state index >= 15 is 0 Å². The molecular weight excluding hydrogens is 318 g/mol. The molecule has 2 atom stereocenters. The molecule has 23 heavy (non-hydrogen) atoms. The molecule has 2 heterocycles. The maximum atomic E-state index is 12.8. The van der Waals surface area contributed by atoms with Gasteiger partial charge in [-0.05, 0) is 19.8 Å². The van der Waals surface area contributed by atoms with E-state index in [4.69, 9.17) is 0 Å². The van der Waals surface area contributed by atoms with Gasteiger partial charge in [0.25, 0.3) is 5.91 Å². The van der Waals surface area contributed by atoms with Crippen molar-refractivity contribution in [3.05, 3.63) is 0 Å². The van der Waals surface area contributed by atoms with Crippen LogP contribution in [0, 0.1) is 0 Å². The average molecular weight is 344 g/mol. The van der Waals surface area contributed by atoms with E-state index in [-0.39, 0.29) is 36.2 Å². The molecule has 1 saturated carbocycles. The van der Waals surface area contributed by atoms with Crippen molar-refractivity contribution in [3.8, 4) is 0 Å². The first kappa shape index (κ1) is 16.7. The van der Waals surface area contributed by atoms with E-state index in [2.05, 4.69) is 5.32 Å². The van der Waals surface area contributed by atoms with Gasteiger partial charge in [0.05, 0.1) is 12.3 Å². The molecule has 7 nitrogen and oxygen atoms in total. The summed E-state index contributed by atoms with van der Waals surface area (Å²) >= 11 is 0. The van der Waals surface area contributed by atoms with Gasteiger partial charge >= 0.3 is 6.03 Å². The van der Waals surface area contributed by atoms with Crippen LogP contribution in [0.3, 0.4) is 0 Å². The van der Waals surface area contributed by atoms with Gasteiger partial charge in [0, 0.05) is 6.42 Å². The van der Waals surface area contributed by atoms with Crippen LogP contribution in [0.15, 0.2) is 0 Å².